The monoisotopic (exact) mass is 477 g/mol. The van der Waals surface area contributed by atoms with Gasteiger partial charge in [-0.1, -0.05) is 13.0 Å². The molecule has 0 bridgehead atoms. The van der Waals surface area contributed by atoms with Gasteiger partial charge in [-0.15, -0.1) is 0 Å². The van der Waals surface area contributed by atoms with Gasteiger partial charge in [0, 0.05) is 44.9 Å². The molecule has 10 nitrogen and oxygen atoms in total. The Labute approximate surface area is 201 Å². The average Bonchev–Trinajstić information content (AvgIpc) is 3.59. The molecule has 0 saturated carbocycles. The van der Waals surface area contributed by atoms with Crippen molar-refractivity contribution < 1.29 is 18.7 Å². The van der Waals surface area contributed by atoms with E-state index in [0.29, 0.717) is 36.4 Å². The maximum absolute atomic E-state index is 13.5. The van der Waals surface area contributed by atoms with Crippen molar-refractivity contribution in [3.05, 3.63) is 58.3 Å². The van der Waals surface area contributed by atoms with Crippen LogP contribution in [0.5, 0.6) is 11.5 Å². The molecule has 3 aromatic heterocycles. The van der Waals surface area contributed by atoms with Gasteiger partial charge >= 0.3 is 0 Å². The number of fused-ring (bicyclic) bond motifs is 4. The van der Waals surface area contributed by atoms with E-state index >= 15 is 0 Å². The standard InChI is InChI=1S/C25H27N5O5/c1-3-18(30-25(32)20-13-22-19(6-11-33-22)29(20)16(2)26-30)24(31)28-9-7-27(8-10-28)14-17-4-5-21-23(12-17)35-15-34-21/h4-6,11-13,18H,3,7-10,14-15H2,1-2H3/t18-/m0/s1. The van der Waals surface area contributed by atoms with Crippen molar-refractivity contribution in [2.75, 3.05) is 33.0 Å². The summed E-state index contributed by atoms with van der Waals surface area (Å²) in [6, 6.07) is 8.89. The fraction of sp³-hybridized carbons (Fsp3) is 0.400. The summed E-state index contributed by atoms with van der Waals surface area (Å²) < 4.78 is 19.5. The van der Waals surface area contributed by atoms with E-state index in [1.165, 1.54) is 4.68 Å². The summed E-state index contributed by atoms with van der Waals surface area (Å²) in [5, 5.41) is 4.53. The number of amides is 1. The van der Waals surface area contributed by atoms with Gasteiger partial charge in [0.25, 0.3) is 5.56 Å². The number of rotatable bonds is 5. The van der Waals surface area contributed by atoms with Crippen LogP contribution in [0.2, 0.25) is 0 Å². The molecule has 0 unspecified atom stereocenters. The van der Waals surface area contributed by atoms with Gasteiger partial charge in [-0.25, -0.2) is 4.68 Å². The highest BCUT2D eigenvalue weighted by atomic mass is 16.7. The molecular formula is C25H27N5O5. The van der Waals surface area contributed by atoms with Crippen molar-refractivity contribution in [3.63, 3.8) is 0 Å². The molecule has 1 amide bonds. The van der Waals surface area contributed by atoms with Crippen molar-refractivity contribution in [2.24, 2.45) is 0 Å². The Morgan fingerprint density at radius 3 is 2.66 bits per heavy atom. The molecule has 1 fully saturated rings. The number of carbonyl (C=O) groups is 1. The Hall–Kier alpha value is -3.79. The molecular weight excluding hydrogens is 450 g/mol. The molecule has 6 rings (SSSR count). The molecule has 4 aromatic rings. The lowest BCUT2D eigenvalue weighted by atomic mass is 10.1. The minimum atomic E-state index is -0.646. The number of aromatic nitrogens is 3. The van der Waals surface area contributed by atoms with E-state index in [0.717, 1.165) is 42.2 Å². The zero-order chi connectivity index (χ0) is 24.1. The second kappa shape index (κ2) is 8.46. The minimum absolute atomic E-state index is 0.0659. The number of furan rings is 1. The van der Waals surface area contributed by atoms with Crippen LogP contribution in [0.3, 0.4) is 0 Å². The van der Waals surface area contributed by atoms with Crippen molar-refractivity contribution in [1.29, 1.82) is 0 Å². The summed E-state index contributed by atoms with van der Waals surface area (Å²) in [7, 11) is 0. The Morgan fingerprint density at radius 1 is 1.06 bits per heavy atom. The van der Waals surface area contributed by atoms with E-state index in [-0.39, 0.29) is 18.3 Å². The quantitative estimate of drug-likeness (QED) is 0.436. The van der Waals surface area contributed by atoms with Gasteiger partial charge in [-0.05, 0) is 31.0 Å². The normalized spacial score (nSPS) is 16.9. The van der Waals surface area contributed by atoms with Crippen molar-refractivity contribution in [2.45, 2.75) is 32.9 Å². The van der Waals surface area contributed by atoms with Crippen molar-refractivity contribution in [1.82, 2.24) is 24.0 Å². The topological polar surface area (TPSA) is 94.5 Å². The molecule has 182 valence electrons. The van der Waals surface area contributed by atoms with Gasteiger partial charge in [0.1, 0.15) is 17.4 Å². The first-order chi connectivity index (χ1) is 17.0. The molecule has 0 N–H and O–H groups in total. The Balaban J connectivity index is 1.18. The smallest absolute Gasteiger partial charge is 0.291 e. The molecule has 0 aliphatic carbocycles. The van der Waals surface area contributed by atoms with E-state index in [1.54, 1.807) is 16.7 Å². The van der Waals surface area contributed by atoms with Gasteiger partial charge in [-0.2, -0.15) is 5.10 Å². The van der Waals surface area contributed by atoms with E-state index in [1.807, 2.05) is 43.0 Å². The third-order valence-corrected chi connectivity index (χ3v) is 6.92. The van der Waals surface area contributed by atoms with Crippen LogP contribution in [-0.4, -0.2) is 62.9 Å². The first-order valence-electron chi connectivity index (χ1n) is 11.9. The van der Waals surface area contributed by atoms with Crippen LogP contribution in [-0.2, 0) is 11.3 Å². The molecule has 5 heterocycles. The molecule has 2 aliphatic heterocycles. The number of benzene rings is 1. The van der Waals surface area contributed by atoms with Crippen molar-refractivity contribution >= 4 is 22.5 Å². The van der Waals surface area contributed by atoms with E-state index < -0.39 is 6.04 Å². The summed E-state index contributed by atoms with van der Waals surface area (Å²) in [6.45, 7) is 7.51. The van der Waals surface area contributed by atoms with Crippen LogP contribution in [0.1, 0.15) is 30.8 Å². The first-order valence-corrected chi connectivity index (χ1v) is 11.9. The largest absolute Gasteiger partial charge is 0.463 e. The third kappa shape index (κ3) is 3.65. The number of nitrogens with zero attached hydrogens (tertiary/aromatic N) is 5. The zero-order valence-corrected chi connectivity index (χ0v) is 19.8. The third-order valence-electron chi connectivity index (χ3n) is 6.92. The predicted octanol–water partition coefficient (Wildman–Crippen LogP) is 2.57. The van der Waals surface area contributed by atoms with Crippen LogP contribution in [0.4, 0.5) is 0 Å². The fourth-order valence-electron chi connectivity index (χ4n) is 5.09. The van der Waals surface area contributed by atoms with Crippen LogP contribution in [0.25, 0.3) is 16.6 Å². The molecule has 1 atom stereocenters. The minimum Gasteiger partial charge on any atom is -0.463 e. The lowest BCUT2D eigenvalue weighted by molar-refractivity contribution is -0.137. The highest BCUT2D eigenvalue weighted by Crippen LogP contribution is 2.33. The Morgan fingerprint density at radius 2 is 1.86 bits per heavy atom. The highest BCUT2D eigenvalue weighted by molar-refractivity contribution is 5.83. The Kier molecular flexibility index (Phi) is 5.25. The number of piperazine rings is 1. The molecule has 0 radical (unpaired) electrons. The number of hydrogen-bond donors (Lipinski definition) is 0. The summed E-state index contributed by atoms with van der Waals surface area (Å²) in [5.74, 6) is 2.13. The second-order valence-electron chi connectivity index (χ2n) is 9.05. The van der Waals surface area contributed by atoms with Crippen molar-refractivity contribution in [3.8, 4) is 11.5 Å². The number of aryl methyl sites for hydroxylation is 1. The van der Waals surface area contributed by atoms with Gasteiger partial charge in [0.2, 0.25) is 12.7 Å². The maximum Gasteiger partial charge on any atom is 0.291 e. The van der Waals surface area contributed by atoms with E-state index in [9.17, 15) is 9.59 Å². The average molecular weight is 478 g/mol. The SMILES string of the molecule is CC[C@@H](C(=O)N1CCN(Cc2ccc3c(c2)OCO3)CC1)n1nc(C)n2c(cc3occc32)c1=O. The number of hydrogen-bond acceptors (Lipinski definition) is 7. The number of carbonyl (C=O) groups excluding carboxylic acids is 1. The molecule has 35 heavy (non-hydrogen) atoms. The van der Waals surface area contributed by atoms with Gasteiger partial charge in [0.15, 0.2) is 17.1 Å². The summed E-state index contributed by atoms with van der Waals surface area (Å²) in [6.07, 6.45) is 2.07. The zero-order valence-electron chi connectivity index (χ0n) is 19.8. The lowest BCUT2D eigenvalue weighted by Gasteiger charge is -2.36. The second-order valence-corrected chi connectivity index (χ2v) is 9.05. The summed E-state index contributed by atoms with van der Waals surface area (Å²) >= 11 is 0. The maximum atomic E-state index is 13.5. The highest BCUT2D eigenvalue weighted by Gasteiger charge is 2.30. The van der Waals surface area contributed by atoms with Crippen LogP contribution < -0.4 is 15.0 Å². The summed E-state index contributed by atoms with van der Waals surface area (Å²) in [5.41, 5.74) is 2.75. The first kappa shape index (κ1) is 21.7. The van der Waals surface area contributed by atoms with Gasteiger partial charge in [0.05, 0.1) is 11.8 Å². The predicted molar refractivity (Wildman–Crippen MR) is 128 cm³/mol. The van der Waals surface area contributed by atoms with Gasteiger partial charge < -0.3 is 18.8 Å². The Bertz CT molecular complexity index is 1480. The molecule has 1 aromatic carbocycles. The molecule has 1 saturated heterocycles. The summed E-state index contributed by atoms with van der Waals surface area (Å²) in [4.78, 5) is 31.0. The lowest BCUT2D eigenvalue weighted by Crippen LogP contribution is -2.51. The molecule has 2 aliphatic rings. The molecule has 10 heteroatoms. The fourth-order valence-corrected chi connectivity index (χ4v) is 5.09. The van der Waals surface area contributed by atoms with Crippen LogP contribution >= 0.6 is 0 Å². The van der Waals surface area contributed by atoms with Crippen LogP contribution in [0, 0.1) is 6.92 Å². The molecule has 0 spiro atoms. The van der Waals surface area contributed by atoms with Gasteiger partial charge in [-0.3, -0.25) is 18.9 Å². The number of ether oxygens (including phenoxy) is 2. The van der Waals surface area contributed by atoms with E-state index in [2.05, 4.69) is 10.00 Å². The van der Waals surface area contributed by atoms with Crippen LogP contribution in [0.15, 0.2) is 45.8 Å². The van der Waals surface area contributed by atoms with E-state index in [4.69, 9.17) is 13.9 Å².